The predicted molar refractivity (Wildman–Crippen MR) is 124 cm³/mol. The first kappa shape index (κ1) is 22.0. The molecule has 0 saturated heterocycles. The largest absolute Gasteiger partial charge is 0.375 e. The highest BCUT2D eigenvalue weighted by Gasteiger charge is 2.14. The number of para-hydroxylation sites is 1. The van der Waals surface area contributed by atoms with Crippen molar-refractivity contribution in [3.05, 3.63) is 87.4 Å². The van der Waals surface area contributed by atoms with Gasteiger partial charge >= 0.3 is 0 Å². The van der Waals surface area contributed by atoms with Crippen molar-refractivity contribution in [3.8, 4) is 0 Å². The first-order chi connectivity index (χ1) is 14.3. The monoisotopic (exact) mass is 461 g/mol. The first-order valence-electron chi connectivity index (χ1n) is 8.96. The molecule has 2 amide bonds. The predicted octanol–water partition coefficient (Wildman–Crippen LogP) is 5.97. The Balaban J connectivity index is 1.64. The number of nitrogens with zero attached hydrogens (tertiary/aromatic N) is 1. The zero-order chi connectivity index (χ0) is 21.7. The summed E-state index contributed by atoms with van der Waals surface area (Å²) < 4.78 is 0. The molecule has 0 unspecified atom stereocenters. The van der Waals surface area contributed by atoms with Crippen molar-refractivity contribution in [1.82, 2.24) is 0 Å². The second-order valence-corrected chi connectivity index (χ2v) is 7.65. The van der Waals surface area contributed by atoms with Gasteiger partial charge in [0.05, 0.1) is 27.3 Å². The van der Waals surface area contributed by atoms with Crippen molar-refractivity contribution in [3.63, 3.8) is 0 Å². The zero-order valence-electron chi connectivity index (χ0n) is 16.0. The number of halogens is 3. The van der Waals surface area contributed by atoms with Crippen LogP contribution in [-0.2, 0) is 4.79 Å². The summed E-state index contributed by atoms with van der Waals surface area (Å²) in [7, 11) is 1.70. The van der Waals surface area contributed by atoms with E-state index >= 15 is 0 Å². The normalized spacial score (nSPS) is 10.4. The van der Waals surface area contributed by atoms with Crippen LogP contribution in [0.15, 0.2) is 66.7 Å². The van der Waals surface area contributed by atoms with E-state index < -0.39 is 0 Å². The Morgan fingerprint density at radius 2 is 1.57 bits per heavy atom. The molecule has 0 heterocycles. The number of anilines is 3. The van der Waals surface area contributed by atoms with Gasteiger partial charge in [-0.3, -0.25) is 9.59 Å². The van der Waals surface area contributed by atoms with Crippen LogP contribution >= 0.6 is 34.8 Å². The van der Waals surface area contributed by atoms with E-state index in [0.717, 1.165) is 5.69 Å². The Bertz CT molecular complexity index is 1070. The molecule has 2 N–H and O–H groups in total. The summed E-state index contributed by atoms with van der Waals surface area (Å²) in [6.45, 7) is -0.0419. The molecule has 3 rings (SSSR count). The lowest BCUT2D eigenvalue weighted by Crippen LogP contribution is -2.26. The molecule has 0 atom stereocenters. The number of carbonyl (C=O) groups excluding carboxylic acids is 2. The number of nitrogens with one attached hydrogen (secondary N) is 2. The molecule has 0 aromatic heterocycles. The van der Waals surface area contributed by atoms with Gasteiger partial charge in [0.15, 0.2) is 0 Å². The minimum absolute atomic E-state index is 0.0419. The third-order valence-corrected chi connectivity index (χ3v) is 5.33. The van der Waals surface area contributed by atoms with Crippen LogP contribution in [0.5, 0.6) is 0 Å². The van der Waals surface area contributed by atoms with Crippen LogP contribution in [0.2, 0.25) is 15.1 Å². The molecular formula is C22H18Cl3N3O2. The standard InChI is InChI=1S/C22H18Cl3N3O2/c1-28(16-8-3-2-4-9-16)22(30)14-6-5-7-15(10-14)27-21(29)13-26-20-12-18(24)17(23)11-19(20)25/h2-12,26H,13H2,1H3,(H,27,29). The highest BCUT2D eigenvalue weighted by molar-refractivity contribution is 6.44. The van der Waals surface area contributed by atoms with Gasteiger partial charge in [-0.1, -0.05) is 59.1 Å². The summed E-state index contributed by atoms with van der Waals surface area (Å²) in [5.74, 6) is -0.490. The number of amides is 2. The van der Waals surface area contributed by atoms with Crippen molar-refractivity contribution in [1.29, 1.82) is 0 Å². The van der Waals surface area contributed by atoms with Crippen molar-refractivity contribution in [2.45, 2.75) is 0 Å². The van der Waals surface area contributed by atoms with Crippen LogP contribution in [0.1, 0.15) is 10.4 Å². The van der Waals surface area contributed by atoms with E-state index in [1.807, 2.05) is 30.3 Å². The van der Waals surface area contributed by atoms with E-state index in [9.17, 15) is 9.59 Å². The van der Waals surface area contributed by atoms with E-state index in [2.05, 4.69) is 10.6 Å². The Morgan fingerprint density at radius 1 is 0.867 bits per heavy atom. The Hall–Kier alpha value is -2.73. The van der Waals surface area contributed by atoms with Crippen LogP contribution in [0, 0.1) is 0 Å². The summed E-state index contributed by atoms with van der Waals surface area (Å²) in [6, 6.07) is 19.1. The number of carbonyl (C=O) groups is 2. The summed E-state index contributed by atoms with van der Waals surface area (Å²) in [5, 5.41) is 6.69. The van der Waals surface area contributed by atoms with Gasteiger partial charge in [-0.25, -0.2) is 0 Å². The molecular weight excluding hydrogens is 445 g/mol. The fourth-order valence-corrected chi connectivity index (χ4v) is 3.34. The van der Waals surface area contributed by atoms with Gasteiger partial charge in [-0.05, 0) is 42.5 Å². The molecule has 3 aromatic carbocycles. The zero-order valence-corrected chi connectivity index (χ0v) is 18.2. The Labute approximate surface area is 189 Å². The van der Waals surface area contributed by atoms with Gasteiger partial charge in [-0.2, -0.15) is 0 Å². The van der Waals surface area contributed by atoms with Gasteiger partial charge in [0, 0.05) is 24.0 Å². The van der Waals surface area contributed by atoms with Crippen molar-refractivity contribution < 1.29 is 9.59 Å². The molecule has 30 heavy (non-hydrogen) atoms. The second kappa shape index (κ2) is 9.85. The summed E-state index contributed by atoms with van der Waals surface area (Å²) in [5.41, 5.74) is 2.24. The maximum atomic E-state index is 12.8. The maximum Gasteiger partial charge on any atom is 0.258 e. The molecule has 0 fully saturated rings. The van der Waals surface area contributed by atoms with Gasteiger partial charge in [0.25, 0.3) is 5.91 Å². The van der Waals surface area contributed by atoms with Crippen molar-refractivity contribution in [2.24, 2.45) is 0 Å². The average molecular weight is 463 g/mol. The smallest absolute Gasteiger partial charge is 0.258 e. The van der Waals surface area contributed by atoms with Crippen LogP contribution in [0.25, 0.3) is 0 Å². The van der Waals surface area contributed by atoms with Crippen molar-refractivity contribution >= 4 is 63.7 Å². The summed E-state index contributed by atoms with van der Waals surface area (Å²) >= 11 is 18.0. The number of hydrogen-bond acceptors (Lipinski definition) is 3. The SMILES string of the molecule is CN(C(=O)c1cccc(NC(=O)CNc2cc(Cl)c(Cl)cc2Cl)c1)c1ccccc1. The maximum absolute atomic E-state index is 12.8. The average Bonchev–Trinajstić information content (AvgIpc) is 2.75. The lowest BCUT2D eigenvalue weighted by atomic mass is 10.1. The van der Waals surface area contributed by atoms with Gasteiger partial charge in [0.1, 0.15) is 0 Å². The molecule has 0 spiro atoms. The van der Waals surface area contributed by atoms with E-state index in [0.29, 0.717) is 32.0 Å². The van der Waals surface area contributed by atoms with E-state index in [-0.39, 0.29) is 18.4 Å². The highest BCUT2D eigenvalue weighted by atomic mass is 35.5. The van der Waals surface area contributed by atoms with Crippen molar-refractivity contribution in [2.75, 3.05) is 29.1 Å². The minimum Gasteiger partial charge on any atom is -0.375 e. The third kappa shape index (κ3) is 5.45. The molecule has 5 nitrogen and oxygen atoms in total. The van der Waals surface area contributed by atoms with Gasteiger partial charge < -0.3 is 15.5 Å². The number of rotatable bonds is 6. The quantitative estimate of drug-likeness (QED) is 0.443. The summed E-state index contributed by atoms with van der Waals surface area (Å²) in [6.07, 6.45) is 0. The highest BCUT2D eigenvalue weighted by Crippen LogP contribution is 2.32. The lowest BCUT2D eigenvalue weighted by Gasteiger charge is -2.18. The molecule has 0 aliphatic heterocycles. The first-order valence-corrected chi connectivity index (χ1v) is 10.1. The fraction of sp³-hybridized carbons (Fsp3) is 0.0909. The molecule has 0 radical (unpaired) electrons. The fourth-order valence-electron chi connectivity index (χ4n) is 2.73. The lowest BCUT2D eigenvalue weighted by molar-refractivity contribution is -0.114. The molecule has 0 aliphatic carbocycles. The van der Waals surface area contributed by atoms with E-state index in [1.165, 1.54) is 6.07 Å². The molecule has 0 bridgehead atoms. The van der Waals surface area contributed by atoms with Crippen LogP contribution in [-0.4, -0.2) is 25.4 Å². The topological polar surface area (TPSA) is 61.4 Å². The number of hydrogen-bond donors (Lipinski definition) is 2. The summed E-state index contributed by atoms with van der Waals surface area (Å²) in [4.78, 5) is 26.6. The number of benzene rings is 3. The van der Waals surface area contributed by atoms with Gasteiger partial charge in [-0.15, -0.1) is 0 Å². The van der Waals surface area contributed by atoms with Crippen LogP contribution in [0.3, 0.4) is 0 Å². The minimum atomic E-state index is -0.307. The van der Waals surface area contributed by atoms with E-state index in [4.69, 9.17) is 34.8 Å². The molecule has 154 valence electrons. The molecule has 0 aliphatic rings. The molecule has 0 saturated carbocycles. The van der Waals surface area contributed by atoms with Crippen LogP contribution in [0.4, 0.5) is 17.1 Å². The van der Waals surface area contributed by atoms with Gasteiger partial charge in [0.2, 0.25) is 5.91 Å². The third-order valence-electron chi connectivity index (χ3n) is 4.29. The van der Waals surface area contributed by atoms with E-state index in [1.54, 1.807) is 42.3 Å². The second-order valence-electron chi connectivity index (χ2n) is 6.43. The van der Waals surface area contributed by atoms with Crippen LogP contribution < -0.4 is 15.5 Å². The Morgan fingerprint density at radius 3 is 2.30 bits per heavy atom. The Kier molecular flexibility index (Phi) is 7.21. The molecule has 3 aromatic rings. The molecule has 8 heteroatoms.